The van der Waals surface area contributed by atoms with Gasteiger partial charge in [-0.1, -0.05) is 25.0 Å². The number of fused-ring (bicyclic) bond motifs is 1. The predicted molar refractivity (Wildman–Crippen MR) is 117 cm³/mol. The first kappa shape index (κ1) is 20.4. The quantitative estimate of drug-likeness (QED) is 0.431. The van der Waals surface area contributed by atoms with E-state index in [9.17, 15) is 14.7 Å². The standard InChI is InChI=1S/C25H25NO6/c1-2-30-18-10-7-15(8-11-18)22-21(24(28)25(29)26(22)17-5-3-4-6-17)23(27)16-9-12-19-20(13-16)32-14-31-19/h7-13,17,22,27H,2-6,14H2,1H3/b23-21-. The van der Waals surface area contributed by atoms with Gasteiger partial charge in [0.1, 0.15) is 11.5 Å². The Bertz CT molecular complexity index is 1080. The molecule has 3 aliphatic rings. The van der Waals surface area contributed by atoms with Gasteiger partial charge in [0.15, 0.2) is 11.5 Å². The average molecular weight is 435 g/mol. The van der Waals surface area contributed by atoms with Crippen molar-refractivity contribution in [2.75, 3.05) is 13.4 Å². The van der Waals surface area contributed by atoms with E-state index in [0.717, 1.165) is 31.2 Å². The second-order valence-corrected chi connectivity index (χ2v) is 8.21. The molecule has 7 nitrogen and oxygen atoms in total. The van der Waals surface area contributed by atoms with Crippen LogP contribution in [-0.2, 0) is 9.59 Å². The third-order valence-electron chi connectivity index (χ3n) is 6.35. The van der Waals surface area contributed by atoms with Crippen LogP contribution in [0.2, 0.25) is 0 Å². The Hall–Kier alpha value is -3.48. The van der Waals surface area contributed by atoms with Crippen LogP contribution in [0.1, 0.15) is 49.8 Å². The fourth-order valence-corrected chi connectivity index (χ4v) is 4.85. The Morgan fingerprint density at radius 1 is 1.06 bits per heavy atom. The van der Waals surface area contributed by atoms with Crippen LogP contribution in [0, 0.1) is 0 Å². The number of likely N-dealkylation sites (tertiary alicyclic amines) is 1. The first-order chi connectivity index (χ1) is 15.6. The summed E-state index contributed by atoms with van der Waals surface area (Å²) in [5.74, 6) is 0.364. The Balaban J connectivity index is 1.62. The third kappa shape index (κ3) is 3.38. The van der Waals surface area contributed by atoms with Gasteiger partial charge >= 0.3 is 0 Å². The summed E-state index contributed by atoms with van der Waals surface area (Å²) in [5, 5.41) is 11.2. The molecule has 5 rings (SSSR count). The molecule has 1 atom stereocenters. The Morgan fingerprint density at radius 2 is 1.78 bits per heavy atom. The number of aliphatic hydroxyl groups excluding tert-OH is 1. The molecule has 166 valence electrons. The topological polar surface area (TPSA) is 85.3 Å². The number of nitrogens with zero attached hydrogens (tertiary/aromatic N) is 1. The molecular weight excluding hydrogens is 410 g/mol. The number of ether oxygens (including phenoxy) is 3. The van der Waals surface area contributed by atoms with E-state index in [-0.39, 0.29) is 24.2 Å². The van der Waals surface area contributed by atoms with Gasteiger partial charge in [-0.25, -0.2) is 0 Å². The average Bonchev–Trinajstić information content (AvgIpc) is 3.54. The first-order valence-electron chi connectivity index (χ1n) is 11.0. The summed E-state index contributed by atoms with van der Waals surface area (Å²) in [6.45, 7) is 2.57. The van der Waals surface area contributed by atoms with Crippen molar-refractivity contribution in [3.63, 3.8) is 0 Å². The molecule has 1 amide bonds. The van der Waals surface area contributed by atoms with E-state index >= 15 is 0 Å². The number of benzene rings is 2. The van der Waals surface area contributed by atoms with Gasteiger partial charge in [-0.05, 0) is 55.7 Å². The number of aliphatic hydroxyl groups is 1. The summed E-state index contributed by atoms with van der Waals surface area (Å²) in [7, 11) is 0. The minimum Gasteiger partial charge on any atom is -0.507 e. The maximum Gasteiger partial charge on any atom is 0.295 e. The zero-order valence-corrected chi connectivity index (χ0v) is 17.9. The van der Waals surface area contributed by atoms with Gasteiger partial charge in [0.05, 0.1) is 18.2 Å². The van der Waals surface area contributed by atoms with E-state index in [4.69, 9.17) is 14.2 Å². The number of carbonyl (C=O) groups excluding carboxylic acids is 2. The Morgan fingerprint density at radius 3 is 2.50 bits per heavy atom. The second kappa shape index (κ2) is 8.22. The highest BCUT2D eigenvalue weighted by Crippen LogP contribution is 2.44. The fourth-order valence-electron chi connectivity index (χ4n) is 4.85. The molecule has 2 aromatic carbocycles. The third-order valence-corrected chi connectivity index (χ3v) is 6.35. The van der Waals surface area contributed by atoms with Crippen molar-refractivity contribution in [3.8, 4) is 17.2 Å². The lowest BCUT2D eigenvalue weighted by atomic mass is 9.94. The van der Waals surface area contributed by atoms with Crippen molar-refractivity contribution in [3.05, 3.63) is 59.2 Å². The lowest BCUT2D eigenvalue weighted by Gasteiger charge is -2.30. The van der Waals surface area contributed by atoms with Crippen molar-refractivity contribution in [2.45, 2.75) is 44.7 Å². The van der Waals surface area contributed by atoms with Crippen LogP contribution in [0.3, 0.4) is 0 Å². The fraction of sp³-hybridized carbons (Fsp3) is 0.360. The molecule has 1 aliphatic carbocycles. The smallest absolute Gasteiger partial charge is 0.295 e. The minimum absolute atomic E-state index is 0.0231. The summed E-state index contributed by atoms with van der Waals surface area (Å²) in [6.07, 6.45) is 3.74. The van der Waals surface area contributed by atoms with Gasteiger partial charge in [-0.3, -0.25) is 9.59 Å². The molecule has 2 aliphatic heterocycles. The van der Waals surface area contributed by atoms with E-state index in [2.05, 4.69) is 0 Å². The first-order valence-corrected chi connectivity index (χ1v) is 11.0. The highest BCUT2D eigenvalue weighted by atomic mass is 16.7. The van der Waals surface area contributed by atoms with Crippen LogP contribution in [0.5, 0.6) is 17.2 Å². The second-order valence-electron chi connectivity index (χ2n) is 8.21. The van der Waals surface area contributed by atoms with E-state index in [1.165, 1.54) is 0 Å². The number of ketones is 1. The van der Waals surface area contributed by atoms with Crippen LogP contribution < -0.4 is 14.2 Å². The van der Waals surface area contributed by atoms with Gasteiger partial charge in [-0.2, -0.15) is 0 Å². The Labute approximate surface area is 186 Å². The Kier molecular flexibility index (Phi) is 5.25. The highest BCUT2D eigenvalue weighted by Gasteiger charge is 2.49. The predicted octanol–water partition coefficient (Wildman–Crippen LogP) is 4.18. The van der Waals surface area contributed by atoms with Gasteiger partial charge in [0.25, 0.3) is 11.7 Å². The number of hydrogen-bond acceptors (Lipinski definition) is 6. The molecule has 7 heteroatoms. The molecule has 1 N–H and O–H groups in total. The molecule has 0 spiro atoms. The van der Waals surface area contributed by atoms with Gasteiger partial charge in [-0.15, -0.1) is 0 Å². The molecule has 1 unspecified atom stereocenters. The maximum absolute atomic E-state index is 13.2. The van der Waals surface area contributed by atoms with Gasteiger partial charge < -0.3 is 24.2 Å². The zero-order chi connectivity index (χ0) is 22.2. The van der Waals surface area contributed by atoms with Crippen LogP contribution >= 0.6 is 0 Å². The molecule has 1 saturated carbocycles. The lowest BCUT2D eigenvalue weighted by Crippen LogP contribution is -2.37. The van der Waals surface area contributed by atoms with Crippen molar-refractivity contribution in [1.29, 1.82) is 0 Å². The largest absolute Gasteiger partial charge is 0.507 e. The summed E-state index contributed by atoms with van der Waals surface area (Å²) in [4.78, 5) is 28.0. The van der Waals surface area contributed by atoms with Gasteiger partial charge in [0, 0.05) is 11.6 Å². The van der Waals surface area contributed by atoms with Crippen LogP contribution in [0.15, 0.2) is 48.0 Å². The number of rotatable bonds is 5. The van der Waals surface area contributed by atoms with Crippen LogP contribution in [-0.4, -0.2) is 41.1 Å². The summed E-state index contributed by atoms with van der Waals surface area (Å²) in [6, 6.07) is 11.7. The minimum atomic E-state index is -0.661. The molecule has 2 heterocycles. The molecule has 2 aromatic rings. The van der Waals surface area contributed by atoms with Crippen molar-refractivity contribution in [1.82, 2.24) is 4.90 Å². The van der Waals surface area contributed by atoms with E-state index in [1.54, 1.807) is 23.1 Å². The van der Waals surface area contributed by atoms with Gasteiger partial charge in [0.2, 0.25) is 6.79 Å². The molecular formula is C25H25NO6. The number of Topliss-reactive ketones (excluding diaryl/α,β-unsaturated/α-hetero) is 1. The summed E-state index contributed by atoms with van der Waals surface area (Å²) >= 11 is 0. The number of hydrogen-bond donors (Lipinski definition) is 1. The molecule has 2 fully saturated rings. The molecule has 0 radical (unpaired) electrons. The van der Waals surface area contributed by atoms with Crippen molar-refractivity contribution in [2.24, 2.45) is 0 Å². The van der Waals surface area contributed by atoms with Crippen molar-refractivity contribution >= 4 is 17.4 Å². The molecule has 0 bridgehead atoms. The SMILES string of the molecule is CCOc1ccc(C2/C(=C(/O)c3ccc4c(c3)OCO4)C(=O)C(=O)N2C2CCCC2)cc1. The normalized spacial score (nSPS) is 22.0. The molecule has 1 saturated heterocycles. The van der Waals surface area contributed by atoms with Crippen LogP contribution in [0.25, 0.3) is 5.76 Å². The summed E-state index contributed by atoms with van der Waals surface area (Å²) < 4.78 is 16.3. The molecule has 32 heavy (non-hydrogen) atoms. The monoisotopic (exact) mass is 435 g/mol. The zero-order valence-electron chi connectivity index (χ0n) is 17.9. The number of carbonyl (C=O) groups is 2. The maximum atomic E-state index is 13.2. The van der Waals surface area contributed by atoms with E-state index in [0.29, 0.717) is 29.4 Å². The highest BCUT2D eigenvalue weighted by molar-refractivity contribution is 6.46. The van der Waals surface area contributed by atoms with Crippen molar-refractivity contribution < 1.29 is 28.9 Å². The molecule has 0 aromatic heterocycles. The lowest BCUT2D eigenvalue weighted by molar-refractivity contribution is -0.141. The van der Waals surface area contributed by atoms with E-state index < -0.39 is 17.7 Å². The number of amides is 1. The summed E-state index contributed by atoms with van der Waals surface area (Å²) in [5.41, 5.74) is 1.28. The van der Waals surface area contributed by atoms with Crippen LogP contribution in [0.4, 0.5) is 0 Å². The van der Waals surface area contributed by atoms with E-state index in [1.807, 2.05) is 31.2 Å².